The summed E-state index contributed by atoms with van der Waals surface area (Å²) in [6.07, 6.45) is 35.2. The van der Waals surface area contributed by atoms with Crippen LogP contribution in [0.2, 0.25) is 0 Å². The number of nitrogens with two attached hydrogens (primary N) is 1. The topological polar surface area (TPSA) is 115 Å². The van der Waals surface area contributed by atoms with Crippen LogP contribution in [0.15, 0.2) is 36.0 Å². The first-order valence-electron chi connectivity index (χ1n) is 25.4. The van der Waals surface area contributed by atoms with E-state index in [4.69, 9.17) is 15.2 Å². The SMILES string of the molecule is C=C(CCCCCOC(=O)C(CCCC)CCCCCC)NCC(=O)NCCCCCCCCOC(=C)C(CCCCCC)CCCCCCCC.CCNC(N)=C(C)C. The Bertz CT molecular complexity index is 1040. The fourth-order valence-electron chi connectivity index (χ4n) is 7.22. The van der Waals surface area contributed by atoms with Gasteiger partial charge in [-0.3, -0.25) is 9.59 Å². The summed E-state index contributed by atoms with van der Waals surface area (Å²) in [4.78, 5) is 24.9. The van der Waals surface area contributed by atoms with E-state index in [1.54, 1.807) is 0 Å². The van der Waals surface area contributed by atoms with Gasteiger partial charge in [0.25, 0.3) is 0 Å². The van der Waals surface area contributed by atoms with Crippen LogP contribution in [0.5, 0.6) is 0 Å². The molecule has 0 aliphatic heterocycles. The van der Waals surface area contributed by atoms with Gasteiger partial charge in [-0.2, -0.15) is 0 Å². The maximum absolute atomic E-state index is 12.6. The molecule has 0 spiro atoms. The van der Waals surface area contributed by atoms with E-state index in [1.165, 1.54) is 116 Å². The van der Waals surface area contributed by atoms with Crippen molar-refractivity contribution < 1.29 is 19.1 Å². The Labute approximate surface area is 373 Å². The van der Waals surface area contributed by atoms with Crippen molar-refractivity contribution in [1.29, 1.82) is 0 Å². The quantitative estimate of drug-likeness (QED) is 0.0274. The van der Waals surface area contributed by atoms with Crippen LogP contribution in [0.25, 0.3) is 0 Å². The number of amides is 1. The minimum absolute atomic E-state index is 0.000105. The van der Waals surface area contributed by atoms with Crippen molar-refractivity contribution in [3.05, 3.63) is 36.0 Å². The summed E-state index contributed by atoms with van der Waals surface area (Å²) in [6.45, 7) is 26.6. The standard InChI is InChI=1S/C46H88N2O4.C6H14N2/c1-7-11-15-18-21-28-35-43(34-26-16-12-8-2)42(6)51-38-30-23-20-19-22-29-37-47-45(49)40-48-41(5)32-25-24-31-39-52-46(50)44(33-14-10-4)36-27-17-13-9-3;1-4-8-6(7)5(2)3/h43-44,48H,5-40H2,1-4H3,(H,47,49);8H,4,7H2,1-3H3. The molecular weight excluding hydrogens is 745 g/mol. The highest BCUT2D eigenvalue weighted by Gasteiger charge is 2.19. The van der Waals surface area contributed by atoms with E-state index >= 15 is 0 Å². The number of hydrogen-bond donors (Lipinski definition) is 4. The average molecular weight is 847 g/mol. The molecule has 354 valence electrons. The number of rotatable bonds is 43. The van der Waals surface area contributed by atoms with E-state index in [0.717, 1.165) is 120 Å². The molecule has 0 heterocycles. The lowest BCUT2D eigenvalue weighted by atomic mass is 9.93. The molecule has 8 nitrogen and oxygen atoms in total. The Balaban J connectivity index is 0. The molecule has 0 aromatic carbocycles. The van der Waals surface area contributed by atoms with E-state index in [9.17, 15) is 9.59 Å². The van der Waals surface area contributed by atoms with E-state index in [0.29, 0.717) is 12.5 Å². The number of nitrogens with one attached hydrogen (secondary N) is 3. The molecule has 0 aliphatic rings. The zero-order chi connectivity index (χ0) is 44.9. The second-order valence-electron chi connectivity index (χ2n) is 17.5. The predicted octanol–water partition coefficient (Wildman–Crippen LogP) is 14.1. The van der Waals surface area contributed by atoms with Gasteiger partial charge in [0.2, 0.25) is 5.91 Å². The van der Waals surface area contributed by atoms with Gasteiger partial charge in [0, 0.05) is 24.7 Å². The van der Waals surface area contributed by atoms with Crippen molar-refractivity contribution in [1.82, 2.24) is 16.0 Å². The van der Waals surface area contributed by atoms with Gasteiger partial charge in [0.05, 0.1) is 37.3 Å². The number of carbonyl (C=O) groups is 2. The zero-order valence-corrected chi connectivity index (χ0v) is 41.0. The molecule has 0 aromatic heterocycles. The van der Waals surface area contributed by atoms with E-state index < -0.39 is 0 Å². The molecule has 0 aromatic rings. The smallest absolute Gasteiger partial charge is 0.308 e. The number of esters is 1. The molecule has 0 rings (SSSR count). The molecule has 0 bridgehead atoms. The second kappa shape index (κ2) is 45.9. The fraction of sp³-hybridized carbons (Fsp3) is 0.846. The van der Waals surface area contributed by atoms with Crippen molar-refractivity contribution >= 4 is 11.9 Å². The highest BCUT2D eigenvalue weighted by Crippen LogP contribution is 2.26. The molecule has 0 saturated heterocycles. The Morgan fingerprint density at radius 2 is 0.967 bits per heavy atom. The number of unbranched alkanes of at least 4 members (excludes halogenated alkanes) is 19. The maximum atomic E-state index is 12.6. The summed E-state index contributed by atoms with van der Waals surface area (Å²) in [6, 6.07) is 0. The Morgan fingerprint density at radius 3 is 1.50 bits per heavy atom. The van der Waals surface area contributed by atoms with Gasteiger partial charge in [-0.05, 0) is 90.6 Å². The molecule has 0 radical (unpaired) electrons. The van der Waals surface area contributed by atoms with Crippen LogP contribution in [-0.2, 0) is 19.1 Å². The minimum Gasteiger partial charge on any atom is -0.498 e. The highest BCUT2D eigenvalue weighted by molar-refractivity contribution is 5.78. The lowest BCUT2D eigenvalue weighted by Gasteiger charge is -2.20. The number of hydrogen-bond acceptors (Lipinski definition) is 7. The zero-order valence-electron chi connectivity index (χ0n) is 41.0. The molecule has 8 heteroatoms. The summed E-state index contributed by atoms with van der Waals surface area (Å²) in [5.41, 5.74) is 7.54. The third-order valence-electron chi connectivity index (χ3n) is 11.4. The third-order valence-corrected chi connectivity index (χ3v) is 11.4. The summed E-state index contributed by atoms with van der Waals surface area (Å²) in [7, 11) is 0. The van der Waals surface area contributed by atoms with Gasteiger partial charge in [-0.15, -0.1) is 0 Å². The van der Waals surface area contributed by atoms with Gasteiger partial charge in [0.15, 0.2) is 0 Å². The summed E-state index contributed by atoms with van der Waals surface area (Å²) in [5, 5.41) is 9.21. The van der Waals surface area contributed by atoms with Crippen LogP contribution < -0.4 is 21.7 Å². The minimum atomic E-state index is 0.000105. The van der Waals surface area contributed by atoms with Gasteiger partial charge < -0.3 is 31.2 Å². The van der Waals surface area contributed by atoms with Crippen LogP contribution in [0.3, 0.4) is 0 Å². The first-order chi connectivity index (χ1) is 29.1. The second-order valence-corrected chi connectivity index (χ2v) is 17.5. The molecular formula is C52H102N4O4. The molecule has 2 unspecified atom stereocenters. The lowest BCUT2D eigenvalue weighted by Crippen LogP contribution is -2.33. The van der Waals surface area contributed by atoms with Crippen molar-refractivity contribution in [3.63, 3.8) is 0 Å². The predicted molar refractivity (Wildman–Crippen MR) is 261 cm³/mol. The van der Waals surface area contributed by atoms with Crippen LogP contribution in [0.1, 0.15) is 241 Å². The number of carbonyl (C=O) groups excluding carboxylic acids is 2. The van der Waals surface area contributed by atoms with Crippen LogP contribution in [0, 0.1) is 11.8 Å². The van der Waals surface area contributed by atoms with Crippen LogP contribution >= 0.6 is 0 Å². The van der Waals surface area contributed by atoms with Crippen LogP contribution in [-0.4, -0.2) is 44.7 Å². The monoisotopic (exact) mass is 847 g/mol. The van der Waals surface area contributed by atoms with E-state index in [2.05, 4.69) is 56.8 Å². The van der Waals surface area contributed by atoms with Gasteiger partial charge in [-0.25, -0.2) is 0 Å². The van der Waals surface area contributed by atoms with Crippen molar-refractivity contribution in [3.8, 4) is 0 Å². The Hall–Kier alpha value is -2.64. The molecule has 0 aliphatic carbocycles. The molecule has 0 fully saturated rings. The summed E-state index contributed by atoms with van der Waals surface area (Å²) < 4.78 is 11.8. The molecule has 60 heavy (non-hydrogen) atoms. The molecule has 2 atom stereocenters. The highest BCUT2D eigenvalue weighted by atomic mass is 16.5. The van der Waals surface area contributed by atoms with Crippen LogP contribution in [0.4, 0.5) is 0 Å². The summed E-state index contributed by atoms with van der Waals surface area (Å²) >= 11 is 0. The average Bonchev–Trinajstić information content (AvgIpc) is 3.23. The van der Waals surface area contributed by atoms with Crippen molar-refractivity contribution in [2.24, 2.45) is 17.6 Å². The fourth-order valence-corrected chi connectivity index (χ4v) is 7.22. The lowest BCUT2D eigenvalue weighted by molar-refractivity contribution is -0.149. The Kier molecular flexibility index (Phi) is 45.5. The largest absolute Gasteiger partial charge is 0.498 e. The Morgan fingerprint density at radius 1 is 0.517 bits per heavy atom. The third kappa shape index (κ3) is 40.7. The number of allylic oxidation sites excluding steroid dienone is 3. The van der Waals surface area contributed by atoms with Gasteiger partial charge in [-0.1, -0.05) is 169 Å². The van der Waals surface area contributed by atoms with Crippen molar-refractivity contribution in [2.75, 3.05) is 32.8 Å². The van der Waals surface area contributed by atoms with E-state index in [1.807, 2.05) is 20.8 Å². The molecule has 0 saturated carbocycles. The maximum Gasteiger partial charge on any atom is 0.308 e. The summed E-state index contributed by atoms with van der Waals surface area (Å²) in [5.74, 6) is 2.45. The number of ether oxygens (including phenoxy) is 2. The molecule has 1 amide bonds. The normalized spacial score (nSPS) is 11.8. The first kappa shape index (κ1) is 59.5. The van der Waals surface area contributed by atoms with Gasteiger partial charge >= 0.3 is 5.97 Å². The van der Waals surface area contributed by atoms with Gasteiger partial charge in [0.1, 0.15) is 0 Å². The van der Waals surface area contributed by atoms with Crippen molar-refractivity contribution in [2.45, 2.75) is 241 Å². The molecule has 5 N–H and O–H groups in total. The van der Waals surface area contributed by atoms with E-state index in [-0.39, 0.29) is 24.3 Å². The first-order valence-corrected chi connectivity index (χ1v) is 25.4.